The molecule has 0 spiro atoms. The van der Waals surface area contributed by atoms with E-state index in [0.717, 1.165) is 38.1 Å². The Balaban J connectivity index is 0.00000338. The van der Waals surface area contributed by atoms with Gasteiger partial charge in [0.2, 0.25) is 0 Å². The largest absolute Gasteiger partial charge is 0.381 e. The van der Waals surface area contributed by atoms with Crippen molar-refractivity contribution < 1.29 is 9.53 Å². The molecule has 8 heteroatoms. The zero-order valence-electron chi connectivity index (χ0n) is 15.1. The predicted octanol–water partition coefficient (Wildman–Crippen LogP) is 2.67. The summed E-state index contributed by atoms with van der Waals surface area (Å²) in [7, 11) is 1.73. The maximum atomic E-state index is 12.0. The second-order valence-electron chi connectivity index (χ2n) is 6.06. The molecule has 0 aliphatic heterocycles. The standard InChI is InChI=1S/C18H27ClN4O2.HI/c1-20-18(22-9-2-12-25-13-14-3-4-14)23-11-10-21-17(24)15-5-7-16(19)8-6-15;/h5-8,14H,2-4,9-13H2,1H3,(H,21,24)(H2,20,22,23);1H. The van der Waals surface area contributed by atoms with Crippen LogP contribution in [0.15, 0.2) is 29.3 Å². The first kappa shape index (κ1) is 23.0. The van der Waals surface area contributed by atoms with Crippen LogP contribution < -0.4 is 16.0 Å². The smallest absolute Gasteiger partial charge is 0.251 e. The number of hydrogen-bond donors (Lipinski definition) is 3. The molecule has 1 aromatic carbocycles. The number of benzene rings is 1. The monoisotopic (exact) mass is 494 g/mol. The van der Waals surface area contributed by atoms with E-state index in [-0.39, 0.29) is 29.9 Å². The number of halogens is 2. The maximum absolute atomic E-state index is 12.0. The fourth-order valence-corrected chi connectivity index (χ4v) is 2.32. The molecule has 1 aliphatic rings. The van der Waals surface area contributed by atoms with E-state index in [9.17, 15) is 4.79 Å². The summed E-state index contributed by atoms with van der Waals surface area (Å²) in [6.45, 7) is 3.59. The Labute approximate surface area is 177 Å². The number of rotatable bonds is 10. The molecule has 3 N–H and O–H groups in total. The molecule has 0 bridgehead atoms. The Morgan fingerprint density at radius 2 is 1.81 bits per heavy atom. The molecule has 0 atom stereocenters. The highest BCUT2D eigenvalue weighted by molar-refractivity contribution is 14.0. The average molecular weight is 495 g/mol. The third kappa shape index (κ3) is 9.59. The lowest BCUT2D eigenvalue weighted by Crippen LogP contribution is -2.42. The molecule has 6 nitrogen and oxygen atoms in total. The molecule has 146 valence electrons. The van der Waals surface area contributed by atoms with E-state index in [0.29, 0.717) is 23.7 Å². The lowest BCUT2D eigenvalue weighted by atomic mass is 10.2. The molecule has 1 amide bonds. The van der Waals surface area contributed by atoms with Gasteiger partial charge in [-0.1, -0.05) is 11.6 Å². The van der Waals surface area contributed by atoms with Crippen molar-refractivity contribution in [2.75, 3.05) is 39.9 Å². The average Bonchev–Trinajstić information content (AvgIpc) is 3.44. The van der Waals surface area contributed by atoms with E-state index in [1.165, 1.54) is 12.8 Å². The van der Waals surface area contributed by atoms with Crippen molar-refractivity contribution in [3.05, 3.63) is 34.9 Å². The molecule has 0 saturated heterocycles. The molecule has 1 aromatic rings. The first-order valence-electron chi connectivity index (χ1n) is 8.75. The number of ether oxygens (including phenoxy) is 1. The third-order valence-corrected chi connectivity index (χ3v) is 4.09. The molecule has 2 rings (SSSR count). The normalized spacial score (nSPS) is 13.7. The summed E-state index contributed by atoms with van der Waals surface area (Å²) in [5.74, 6) is 1.42. The number of nitrogens with zero attached hydrogens (tertiary/aromatic N) is 1. The third-order valence-electron chi connectivity index (χ3n) is 3.84. The van der Waals surface area contributed by atoms with Crippen LogP contribution >= 0.6 is 35.6 Å². The van der Waals surface area contributed by atoms with Crippen LogP contribution in [0.3, 0.4) is 0 Å². The Morgan fingerprint density at radius 1 is 1.15 bits per heavy atom. The minimum atomic E-state index is -0.116. The highest BCUT2D eigenvalue weighted by atomic mass is 127. The minimum Gasteiger partial charge on any atom is -0.381 e. The first-order valence-corrected chi connectivity index (χ1v) is 9.13. The van der Waals surface area contributed by atoms with Crippen LogP contribution in [0.2, 0.25) is 5.02 Å². The van der Waals surface area contributed by atoms with E-state index in [1.54, 1.807) is 31.3 Å². The Bertz CT molecular complexity index is 565. The minimum absolute atomic E-state index is 0. The van der Waals surface area contributed by atoms with Crippen molar-refractivity contribution in [3.8, 4) is 0 Å². The quantitative estimate of drug-likeness (QED) is 0.202. The topological polar surface area (TPSA) is 74.8 Å². The summed E-state index contributed by atoms with van der Waals surface area (Å²) in [5, 5.41) is 9.87. The summed E-state index contributed by atoms with van der Waals surface area (Å²) >= 11 is 5.81. The molecular formula is C18H28ClIN4O2. The molecule has 0 heterocycles. The molecule has 26 heavy (non-hydrogen) atoms. The first-order chi connectivity index (χ1) is 12.2. The van der Waals surface area contributed by atoms with Crippen LogP contribution in [0.1, 0.15) is 29.6 Å². The van der Waals surface area contributed by atoms with E-state index in [4.69, 9.17) is 16.3 Å². The van der Waals surface area contributed by atoms with Gasteiger partial charge in [-0.15, -0.1) is 24.0 Å². The van der Waals surface area contributed by atoms with Gasteiger partial charge in [0.05, 0.1) is 0 Å². The number of carbonyl (C=O) groups excluding carboxylic acids is 1. The van der Waals surface area contributed by atoms with Crippen LogP contribution in [0.5, 0.6) is 0 Å². The van der Waals surface area contributed by atoms with Gasteiger partial charge < -0.3 is 20.7 Å². The van der Waals surface area contributed by atoms with Gasteiger partial charge in [-0.2, -0.15) is 0 Å². The van der Waals surface area contributed by atoms with Crippen LogP contribution in [0.25, 0.3) is 0 Å². The van der Waals surface area contributed by atoms with Crippen molar-refractivity contribution in [1.29, 1.82) is 0 Å². The van der Waals surface area contributed by atoms with Crippen molar-refractivity contribution in [2.24, 2.45) is 10.9 Å². The zero-order valence-corrected chi connectivity index (χ0v) is 18.2. The van der Waals surface area contributed by atoms with Gasteiger partial charge in [0.15, 0.2) is 5.96 Å². The lowest BCUT2D eigenvalue weighted by molar-refractivity contribution is 0.0954. The second kappa shape index (κ2) is 13.2. The number of hydrogen-bond acceptors (Lipinski definition) is 3. The number of aliphatic imine (C=N–C) groups is 1. The Kier molecular flexibility index (Phi) is 11.6. The number of guanidine groups is 1. The molecule has 0 aromatic heterocycles. The van der Waals surface area contributed by atoms with Gasteiger partial charge in [-0.05, 0) is 49.4 Å². The molecule has 0 unspecified atom stereocenters. The lowest BCUT2D eigenvalue weighted by Gasteiger charge is -2.12. The SMILES string of the molecule is CN=C(NCCCOCC1CC1)NCCNC(=O)c1ccc(Cl)cc1.I. The summed E-state index contributed by atoms with van der Waals surface area (Å²) in [5.41, 5.74) is 0.595. The van der Waals surface area contributed by atoms with Gasteiger partial charge in [-0.3, -0.25) is 9.79 Å². The van der Waals surface area contributed by atoms with E-state index in [2.05, 4.69) is 20.9 Å². The predicted molar refractivity (Wildman–Crippen MR) is 117 cm³/mol. The van der Waals surface area contributed by atoms with Crippen molar-refractivity contribution in [2.45, 2.75) is 19.3 Å². The van der Waals surface area contributed by atoms with Gasteiger partial charge in [0.25, 0.3) is 5.91 Å². The number of carbonyl (C=O) groups is 1. The Hall–Kier alpha value is -1.06. The number of amides is 1. The van der Waals surface area contributed by atoms with E-state index in [1.807, 2.05) is 0 Å². The molecule has 1 saturated carbocycles. The second-order valence-corrected chi connectivity index (χ2v) is 6.50. The van der Waals surface area contributed by atoms with E-state index < -0.39 is 0 Å². The van der Waals surface area contributed by atoms with Gasteiger partial charge in [0.1, 0.15) is 0 Å². The van der Waals surface area contributed by atoms with Crippen LogP contribution in [-0.4, -0.2) is 51.8 Å². The Morgan fingerprint density at radius 3 is 2.46 bits per heavy atom. The van der Waals surface area contributed by atoms with Crippen molar-refractivity contribution >= 4 is 47.4 Å². The van der Waals surface area contributed by atoms with Gasteiger partial charge in [0, 0.05) is 50.5 Å². The van der Waals surface area contributed by atoms with Gasteiger partial charge in [-0.25, -0.2) is 0 Å². The van der Waals surface area contributed by atoms with Crippen molar-refractivity contribution in [3.63, 3.8) is 0 Å². The highest BCUT2D eigenvalue weighted by Gasteiger charge is 2.20. The van der Waals surface area contributed by atoms with Crippen LogP contribution in [0, 0.1) is 5.92 Å². The van der Waals surface area contributed by atoms with E-state index >= 15 is 0 Å². The fraction of sp³-hybridized carbons (Fsp3) is 0.556. The summed E-state index contributed by atoms with van der Waals surface area (Å²) in [4.78, 5) is 16.1. The summed E-state index contributed by atoms with van der Waals surface area (Å²) in [6, 6.07) is 6.82. The summed E-state index contributed by atoms with van der Waals surface area (Å²) < 4.78 is 5.59. The number of nitrogens with one attached hydrogen (secondary N) is 3. The molecule has 1 aliphatic carbocycles. The van der Waals surface area contributed by atoms with Crippen molar-refractivity contribution in [1.82, 2.24) is 16.0 Å². The van der Waals surface area contributed by atoms with Gasteiger partial charge >= 0.3 is 0 Å². The molecular weight excluding hydrogens is 467 g/mol. The van der Waals surface area contributed by atoms with Crippen LogP contribution in [0.4, 0.5) is 0 Å². The molecule has 0 radical (unpaired) electrons. The fourth-order valence-electron chi connectivity index (χ4n) is 2.20. The molecule has 1 fully saturated rings. The summed E-state index contributed by atoms with van der Waals surface area (Å²) in [6.07, 6.45) is 3.59. The van der Waals surface area contributed by atoms with Crippen LogP contribution in [-0.2, 0) is 4.74 Å². The zero-order chi connectivity index (χ0) is 17.9. The highest BCUT2D eigenvalue weighted by Crippen LogP contribution is 2.28. The maximum Gasteiger partial charge on any atom is 0.251 e.